The molecule has 1 atom stereocenters. The molecule has 0 N–H and O–H groups in total. The number of hydrogen-bond donors (Lipinski definition) is 0. The maximum absolute atomic E-state index is 4.03. The van der Waals surface area contributed by atoms with Crippen LogP contribution in [0.5, 0.6) is 0 Å². The summed E-state index contributed by atoms with van der Waals surface area (Å²) >= 11 is 0. The Balaban J connectivity index is 0.846. The second kappa shape index (κ2) is 22.1. The average molecular weight is 979 g/mol. The highest BCUT2D eigenvalue weighted by Crippen LogP contribution is 2.41. The van der Waals surface area contributed by atoms with Crippen LogP contribution in [0.15, 0.2) is 292 Å². The van der Waals surface area contributed by atoms with Crippen LogP contribution in [0.3, 0.4) is 0 Å². The summed E-state index contributed by atoms with van der Waals surface area (Å²) in [4.78, 5) is 4.69. The molecule has 0 saturated heterocycles. The van der Waals surface area contributed by atoms with E-state index >= 15 is 0 Å². The fraction of sp³-hybridized carbons (Fsp3) is 0.0811. The van der Waals surface area contributed by atoms with Crippen LogP contribution < -0.4 is 9.80 Å². The van der Waals surface area contributed by atoms with Gasteiger partial charge in [-0.3, -0.25) is 0 Å². The summed E-state index contributed by atoms with van der Waals surface area (Å²) in [5.41, 5.74) is 23.6. The number of allylic oxidation sites excluding steroid dienone is 1. The van der Waals surface area contributed by atoms with Crippen molar-refractivity contribution in [1.82, 2.24) is 0 Å². The van der Waals surface area contributed by atoms with Crippen LogP contribution in [-0.2, 0) is 5.41 Å². The molecular weight excluding hydrogens is 917 g/mol. The van der Waals surface area contributed by atoms with E-state index in [9.17, 15) is 0 Å². The molecule has 76 heavy (non-hydrogen) atoms. The van der Waals surface area contributed by atoms with Gasteiger partial charge in [0.15, 0.2) is 0 Å². The molecule has 2 heteroatoms. The van der Waals surface area contributed by atoms with Gasteiger partial charge in [-0.05, 0) is 170 Å². The minimum absolute atomic E-state index is 0.0905. The van der Waals surface area contributed by atoms with Crippen LogP contribution in [-0.4, -0.2) is 0 Å². The Hall–Kier alpha value is -9.24. The molecule has 0 aliphatic rings. The Bertz CT molecular complexity index is 3640. The minimum atomic E-state index is 0.0905. The molecule has 368 valence electrons. The summed E-state index contributed by atoms with van der Waals surface area (Å²) in [6.45, 7) is 10.7. The molecule has 0 aliphatic carbocycles. The highest BCUT2D eigenvalue weighted by Gasteiger charge is 2.23. The number of aryl methyl sites for hydroxylation is 1. The molecule has 2 nitrogen and oxygen atoms in total. The van der Waals surface area contributed by atoms with Crippen molar-refractivity contribution in [2.45, 2.75) is 39.0 Å². The van der Waals surface area contributed by atoms with Gasteiger partial charge in [0.2, 0.25) is 0 Å². The molecule has 0 aromatic heterocycles. The Morgan fingerprint density at radius 3 is 0.750 bits per heavy atom. The first-order chi connectivity index (χ1) is 37.3. The molecule has 11 rings (SSSR count). The lowest BCUT2D eigenvalue weighted by Gasteiger charge is -2.28. The second-order valence-corrected chi connectivity index (χ2v) is 20.1. The van der Waals surface area contributed by atoms with E-state index in [1.807, 2.05) is 6.08 Å². The standard InChI is InChI=1S/C74H62N2/c1-5-53-74(4,6-2)67-39-25-60(26-40-67)66-37-51-73(52-38-66)76(69-43-29-62(30-44-69)56-15-11-8-12-16-56)72-49-35-65(36-50-72)59-23-21-58(22-24-59)64-33-47-71(48-34-64)75(68-41-27-61(28-42-68)55-13-9-7-10-14-55)70-45-31-63(32-46-70)57-19-17-54(3)18-20-57/h5,7-52H,1,6,53H2,2-4H3. The van der Waals surface area contributed by atoms with Crippen LogP contribution in [0.2, 0.25) is 0 Å². The van der Waals surface area contributed by atoms with Crippen molar-refractivity contribution in [3.63, 3.8) is 0 Å². The van der Waals surface area contributed by atoms with Crippen LogP contribution in [0.1, 0.15) is 37.8 Å². The van der Waals surface area contributed by atoms with E-state index in [0.29, 0.717) is 0 Å². The molecule has 0 fully saturated rings. The molecular formula is C74H62N2. The quantitative estimate of drug-likeness (QED) is 0.0890. The van der Waals surface area contributed by atoms with E-state index in [-0.39, 0.29) is 5.41 Å². The van der Waals surface area contributed by atoms with Crippen molar-refractivity contribution in [2.75, 3.05) is 9.80 Å². The van der Waals surface area contributed by atoms with Gasteiger partial charge in [-0.25, -0.2) is 0 Å². The van der Waals surface area contributed by atoms with E-state index in [1.165, 1.54) is 77.9 Å². The fourth-order valence-electron chi connectivity index (χ4n) is 10.4. The van der Waals surface area contributed by atoms with Gasteiger partial charge in [0.25, 0.3) is 0 Å². The molecule has 11 aromatic rings. The molecule has 0 amide bonds. The van der Waals surface area contributed by atoms with E-state index in [2.05, 4.69) is 316 Å². The molecule has 1 unspecified atom stereocenters. The predicted molar refractivity (Wildman–Crippen MR) is 326 cm³/mol. The lowest BCUT2D eigenvalue weighted by atomic mass is 9.77. The third-order valence-corrected chi connectivity index (χ3v) is 15.2. The number of nitrogens with zero attached hydrogens (tertiary/aromatic N) is 2. The lowest BCUT2D eigenvalue weighted by Crippen LogP contribution is -2.19. The molecule has 0 heterocycles. The summed E-state index contributed by atoms with van der Waals surface area (Å²) in [7, 11) is 0. The summed E-state index contributed by atoms with van der Waals surface area (Å²) in [5.74, 6) is 0. The Morgan fingerprint density at radius 2 is 0.513 bits per heavy atom. The van der Waals surface area contributed by atoms with Crippen LogP contribution in [0, 0.1) is 6.92 Å². The van der Waals surface area contributed by atoms with E-state index in [1.54, 1.807) is 0 Å². The Kier molecular flexibility index (Phi) is 14.2. The zero-order chi connectivity index (χ0) is 51.8. The molecule has 11 aromatic carbocycles. The average Bonchev–Trinajstić information content (AvgIpc) is 3.51. The number of benzene rings is 11. The van der Waals surface area contributed by atoms with Gasteiger partial charge in [-0.2, -0.15) is 0 Å². The minimum Gasteiger partial charge on any atom is -0.311 e. The third-order valence-electron chi connectivity index (χ3n) is 15.2. The number of anilines is 6. The maximum atomic E-state index is 4.03. The van der Waals surface area contributed by atoms with Gasteiger partial charge in [0.1, 0.15) is 0 Å². The normalized spacial score (nSPS) is 11.9. The SMILES string of the molecule is C=CCC(C)(CC)c1ccc(-c2ccc(N(c3ccc(-c4ccccc4)cc3)c3ccc(-c4ccc(-c5ccc(N(c6ccc(-c7ccccc7)cc6)c6ccc(-c7ccc(C)cc7)cc6)cc5)cc4)cc3)cc2)cc1. The number of hydrogen-bond acceptors (Lipinski definition) is 2. The topological polar surface area (TPSA) is 6.48 Å². The van der Waals surface area contributed by atoms with E-state index in [4.69, 9.17) is 0 Å². The summed E-state index contributed by atoms with van der Waals surface area (Å²) in [6.07, 6.45) is 4.07. The summed E-state index contributed by atoms with van der Waals surface area (Å²) < 4.78 is 0. The zero-order valence-corrected chi connectivity index (χ0v) is 43.7. The number of rotatable bonds is 16. The third kappa shape index (κ3) is 10.6. The first-order valence-corrected chi connectivity index (χ1v) is 26.5. The first kappa shape index (κ1) is 49.0. The summed E-state index contributed by atoms with van der Waals surface area (Å²) in [5, 5.41) is 0. The van der Waals surface area contributed by atoms with Crippen molar-refractivity contribution >= 4 is 34.1 Å². The van der Waals surface area contributed by atoms with Gasteiger partial charge in [0, 0.05) is 34.1 Å². The monoisotopic (exact) mass is 978 g/mol. The Labute approximate surface area is 450 Å². The van der Waals surface area contributed by atoms with Gasteiger partial charge < -0.3 is 9.80 Å². The largest absolute Gasteiger partial charge is 0.311 e. The van der Waals surface area contributed by atoms with Gasteiger partial charge >= 0.3 is 0 Å². The zero-order valence-electron chi connectivity index (χ0n) is 43.7. The lowest BCUT2D eigenvalue weighted by molar-refractivity contribution is 0.461. The first-order valence-electron chi connectivity index (χ1n) is 26.5. The van der Waals surface area contributed by atoms with Gasteiger partial charge in [-0.1, -0.05) is 232 Å². The molecule has 0 bridgehead atoms. The Morgan fingerprint density at radius 1 is 0.303 bits per heavy atom. The smallest absolute Gasteiger partial charge is 0.0462 e. The predicted octanol–water partition coefficient (Wildman–Crippen LogP) is 21.2. The van der Waals surface area contributed by atoms with Crippen LogP contribution in [0.4, 0.5) is 34.1 Å². The highest BCUT2D eigenvalue weighted by molar-refractivity contribution is 5.84. The highest BCUT2D eigenvalue weighted by atomic mass is 15.1. The van der Waals surface area contributed by atoms with Crippen molar-refractivity contribution in [3.8, 4) is 66.8 Å². The molecule has 0 spiro atoms. The van der Waals surface area contributed by atoms with E-state index in [0.717, 1.165) is 47.0 Å². The second-order valence-electron chi connectivity index (χ2n) is 20.1. The van der Waals surface area contributed by atoms with Gasteiger partial charge in [-0.15, -0.1) is 6.58 Å². The van der Waals surface area contributed by atoms with Crippen molar-refractivity contribution in [1.29, 1.82) is 0 Å². The van der Waals surface area contributed by atoms with Gasteiger partial charge in [0.05, 0.1) is 0 Å². The van der Waals surface area contributed by atoms with E-state index < -0.39 is 0 Å². The fourth-order valence-corrected chi connectivity index (χ4v) is 10.4. The van der Waals surface area contributed by atoms with Crippen molar-refractivity contribution in [2.24, 2.45) is 0 Å². The van der Waals surface area contributed by atoms with Crippen molar-refractivity contribution < 1.29 is 0 Å². The van der Waals surface area contributed by atoms with Crippen LogP contribution >= 0.6 is 0 Å². The molecule has 0 radical (unpaired) electrons. The van der Waals surface area contributed by atoms with Crippen molar-refractivity contribution in [3.05, 3.63) is 303 Å². The molecule has 0 aliphatic heterocycles. The summed E-state index contributed by atoms with van der Waals surface area (Å²) in [6, 6.07) is 102. The maximum Gasteiger partial charge on any atom is 0.0462 e. The van der Waals surface area contributed by atoms with Crippen LogP contribution in [0.25, 0.3) is 66.8 Å². The molecule has 0 saturated carbocycles.